The average Bonchev–Trinajstić information content (AvgIpc) is 3.73. The number of hydrogen-bond acceptors (Lipinski definition) is 12. The van der Waals surface area contributed by atoms with Crippen molar-refractivity contribution in [3.63, 3.8) is 0 Å². The number of nitro groups is 2. The number of ether oxygens (including phenoxy) is 1. The first-order chi connectivity index (χ1) is 22.1. The Kier molecular flexibility index (Phi) is 9.72. The number of nitrogens with zero attached hydrogens (tertiary/aromatic N) is 5. The maximum atomic E-state index is 13.1. The number of aryl methyl sites for hydroxylation is 2. The molecule has 0 saturated carbocycles. The minimum atomic E-state index is -0.588. The standard InChI is InChI=1S/C29H27N7O8S2/c1-3-44-28(39)25-20-5-4-6-22(20)46-27(25)31-24(37)15-45-29-33-32-23(34(29)18-9-11-19(12-10-18)35(40)41)14-30-26(38)17-8-7-16(2)21(13-17)36(42)43/h7-13H,3-6,14-15H2,1-2H3,(H,30,38)(H,31,37). The number of esters is 1. The number of hydrogen-bond donors (Lipinski definition) is 2. The lowest BCUT2D eigenvalue weighted by Crippen LogP contribution is -2.25. The number of rotatable bonds is 12. The van der Waals surface area contributed by atoms with Gasteiger partial charge in [0.1, 0.15) is 5.00 Å². The fraction of sp³-hybridized carbons (Fsp3) is 0.276. The first kappa shape index (κ1) is 32.2. The quantitative estimate of drug-likeness (QED) is 0.0913. The SMILES string of the molecule is CCOC(=O)c1c(NC(=O)CSc2nnc(CNC(=O)c3ccc(C)c([N+](=O)[O-])c3)n2-c2ccc([N+](=O)[O-])cc2)sc2c1CCC2. The van der Waals surface area contributed by atoms with E-state index >= 15 is 0 Å². The minimum absolute atomic E-state index is 0.0757. The molecule has 4 aromatic rings. The van der Waals surface area contributed by atoms with Crippen molar-refractivity contribution in [2.45, 2.75) is 44.8 Å². The molecule has 0 saturated heterocycles. The number of thiophene rings is 1. The van der Waals surface area contributed by atoms with Crippen molar-refractivity contribution in [2.24, 2.45) is 0 Å². The number of nitrogens with one attached hydrogen (secondary N) is 2. The summed E-state index contributed by atoms with van der Waals surface area (Å²) in [4.78, 5) is 61.1. The molecule has 0 atom stereocenters. The maximum absolute atomic E-state index is 13.1. The summed E-state index contributed by atoms with van der Waals surface area (Å²) in [6.45, 7) is 3.34. The molecule has 0 unspecified atom stereocenters. The van der Waals surface area contributed by atoms with Crippen molar-refractivity contribution in [3.05, 3.63) is 95.6 Å². The molecule has 46 heavy (non-hydrogen) atoms. The zero-order valence-electron chi connectivity index (χ0n) is 24.6. The van der Waals surface area contributed by atoms with Crippen LogP contribution in [-0.2, 0) is 28.9 Å². The third-order valence-electron chi connectivity index (χ3n) is 7.08. The summed E-state index contributed by atoms with van der Waals surface area (Å²) in [5.74, 6) is -1.34. The number of fused-ring (bicyclic) bond motifs is 1. The summed E-state index contributed by atoms with van der Waals surface area (Å²) in [7, 11) is 0. The van der Waals surface area contributed by atoms with E-state index in [2.05, 4.69) is 20.8 Å². The third-order valence-corrected chi connectivity index (χ3v) is 9.22. The van der Waals surface area contributed by atoms with Crippen LogP contribution in [0.25, 0.3) is 5.69 Å². The van der Waals surface area contributed by atoms with Gasteiger partial charge >= 0.3 is 5.97 Å². The van der Waals surface area contributed by atoms with E-state index in [1.165, 1.54) is 53.8 Å². The highest BCUT2D eigenvalue weighted by molar-refractivity contribution is 7.99. The van der Waals surface area contributed by atoms with Gasteiger partial charge in [-0.15, -0.1) is 21.5 Å². The molecule has 2 N–H and O–H groups in total. The van der Waals surface area contributed by atoms with Crippen LogP contribution in [0.2, 0.25) is 0 Å². The number of amides is 2. The van der Waals surface area contributed by atoms with Crippen molar-refractivity contribution in [3.8, 4) is 5.69 Å². The predicted molar refractivity (Wildman–Crippen MR) is 169 cm³/mol. The van der Waals surface area contributed by atoms with Gasteiger partial charge in [-0.05, 0) is 56.9 Å². The Hall–Kier alpha value is -5.16. The van der Waals surface area contributed by atoms with Crippen LogP contribution < -0.4 is 10.6 Å². The lowest BCUT2D eigenvalue weighted by Gasteiger charge is -2.11. The van der Waals surface area contributed by atoms with Gasteiger partial charge in [0.2, 0.25) is 5.91 Å². The third kappa shape index (κ3) is 6.89. The Labute approximate surface area is 269 Å². The molecule has 0 aliphatic heterocycles. The van der Waals surface area contributed by atoms with E-state index in [1.807, 2.05) is 0 Å². The fourth-order valence-corrected chi connectivity index (χ4v) is 6.97. The minimum Gasteiger partial charge on any atom is -0.462 e. The molecule has 15 nitrogen and oxygen atoms in total. The summed E-state index contributed by atoms with van der Waals surface area (Å²) in [6, 6.07) is 9.70. The summed E-state index contributed by atoms with van der Waals surface area (Å²) in [5.41, 5.74) is 1.90. The Morgan fingerprint density at radius 3 is 2.52 bits per heavy atom. The van der Waals surface area contributed by atoms with E-state index in [9.17, 15) is 34.6 Å². The highest BCUT2D eigenvalue weighted by atomic mass is 32.2. The van der Waals surface area contributed by atoms with Crippen molar-refractivity contribution in [1.29, 1.82) is 0 Å². The molecule has 0 spiro atoms. The van der Waals surface area contributed by atoms with Crippen LogP contribution in [-0.4, -0.2) is 54.8 Å². The van der Waals surface area contributed by atoms with E-state index in [4.69, 9.17) is 4.74 Å². The number of anilines is 1. The van der Waals surface area contributed by atoms with Crippen molar-refractivity contribution in [2.75, 3.05) is 17.7 Å². The largest absolute Gasteiger partial charge is 0.462 e. The van der Waals surface area contributed by atoms with Crippen molar-refractivity contribution >= 4 is 57.3 Å². The van der Waals surface area contributed by atoms with Gasteiger partial charge in [-0.1, -0.05) is 17.8 Å². The molecule has 2 heterocycles. The Morgan fingerprint density at radius 1 is 1.07 bits per heavy atom. The van der Waals surface area contributed by atoms with E-state index in [0.29, 0.717) is 21.8 Å². The van der Waals surface area contributed by atoms with E-state index in [1.54, 1.807) is 18.4 Å². The molecule has 2 aromatic carbocycles. The molecule has 1 aliphatic rings. The van der Waals surface area contributed by atoms with Crippen LogP contribution in [0, 0.1) is 27.2 Å². The van der Waals surface area contributed by atoms with Gasteiger partial charge in [-0.2, -0.15) is 0 Å². The molecule has 17 heteroatoms. The summed E-state index contributed by atoms with van der Waals surface area (Å²) in [6.07, 6.45) is 2.50. The average molecular weight is 666 g/mol. The highest BCUT2D eigenvalue weighted by Gasteiger charge is 2.28. The molecule has 238 valence electrons. The Morgan fingerprint density at radius 2 is 1.83 bits per heavy atom. The number of thioether (sulfide) groups is 1. The van der Waals surface area contributed by atoms with Crippen molar-refractivity contribution < 1.29 is 29.0 Å². The molecule has 2 aromatic heterocycles. The van der Waals surface area contributed by atoms with Gasteiger partial charge in [0.05, 0.1) is 34.3 Å². The molecule has 0 radical (unpaired) electrons. The van der Waals surface area contributed by atoms with Crippen LogP contribution in [0.1, 0.15) is 55.9 Å². The zero-order valence-corrected chi connectivity index (χ0v) is 26.2. The summed E-state index contributed by atoms with van der Waals surface area (Å²) >= 11 is 2.40. The first-order valence-corrected chi connectivity index (χ1v) is 15.8. The number of non-ortho nitro benzene ring substituents is 1. The van der Waals surface area contributed by atoms with Crippen LogP contribution in [0.3, 0.4) is 0 Å². The predicted octanol–water partition coefficient (Wildman–Crippen LogP) is 4.78. The lowest BCUT2D eigenvalue weighted by molar-refractivity contribution is -0.385. The first-order valence-electron chi connectivity index (χ1n) is 14.0. The van der Waals surface area contributed by atoms with E-state index in [0.717, 1.165) is 41.5 Å². The second-order valence-corrected chi connectivity index (χ2v) is 12.1. The Balaban J connectivity index is 1.35. The van der Waals surface area contributed by atoms with E-state index in [-0.39, 0.29) is 46.8 Å². The number of aromatic nitrogens is 3. The number of nitro benzene ring substituents is 2. The highest BCUT2D eigenvalue weighted by Crippen LogP contribution is 2.39. The number of carbonyl (C=O) groups is 3. The molecule has 0 fully saturated rings. The van der Waals surface area contributed by atoms with Gasteiger partial charge in [-0.25, -0.2) is 4.79 Å². The summed E-state index contributed by atoms with van der Waals surface area (Å²) in [5, 5.41) is 37.1. The van der Waals surface area contributed by atoms with Gasteiger partial charge in [-0.3, -0.25) is 34.4 Å². The van der Waals surface area contributed by atoms with Crippen LogP contribution >= 0.6 is 23.1 Å². The second kappa shape index (κ2) is 13.9. The van der Waals surface area contributed by atoms with Gasteiger partial charge in [0.25, 0.3) is 17.3 Å². The zero-order chi connectivity index (χ0) is 33.0. The number of carbonyl (C=O) groups excluding carboxylic acids is 3. The number of benzene rings is 2. The van der Waals surface area contributed by atoms with Crippen molar-refractivity contribution in [1.82, 2.24) is 20.1 Å². The van der Waals surface area contributed by atoms with Crippen LogP contribution in [0.5, 0.6) is 0 Å². The molecular weight excluding hydrogens is 638 g/mol. The van der Waals surface area contributed by atoms with Crippen LogP contribution in [0.15, 0.2) is 47.6 Å². The normalized spacial score (nSPS) is 12.0. The second-order valence-electron chi connectivity index (χ2n) is 10.1. The fourth-order valence-electron chi connectivity index (χ4n) is 4.90. The monoisotopic (exact) mass is 665 g/mol. The molecule has 2 amide bonds. The van der Waals surface area contributed by atoms with Gasteiger partial charge < -0.3 is 15.4 Å². The molecule has 5 rings (SSSR count). The molecular formula is C29H27N7O8S2. The van der Waals surface area contributed by atoms with E-state index < -0.39 is 27.6 Å². The van der Waals surface area contributed by atoms with Gasteiger partial charge in [0.15, 0.2) is 11.0 Å². The maximum Gasteiger partial charge on any atom is 0.341 e. The van der Waals surface area contributed by atoms with Crippen LogP contribution in [0.4, 0.5) is 16.4 Å². The Bertz CT molecular complexity index is 1850. The molecule has 1 aliphatic carbocycles. The summed E-state index contributed by atoms with van der Waals surface area (Å²) < 4.78 is 6.78. The van der Waals surface area contributed by atoms with Gasteiger partial charge in [0, 0.05) is 39.9 Å². The smallest absolute Gasteiger partial charge is 0.341 e. The topological polar surface area (TPSA) is 201 Å². The molecule has 0 bridgehead atoms. The lowest BCUT2D eigenvalue weighted by atomic mass is 10.1.